The number of benzene rings is 1. The monoisotopic (exact) mass is 684 g/mol. The first kappa shape index (κ1) is 33.8. The van der Waals surface area contributed by atoms with Crippen LogP contribution in [-0.2, 0) is 30.0 Å². The molecule has 7 aliphatic rings. The van der Waals surface area contributed by atoms with Crippen LogP contribution in [0.4, 0.5) is 4.79 Å². The number of amides is 2. The molecule has 11 nitrogen and oxygen atoms in total. The maximum atomic E-state index is 13.8. The molecule has 3 aliphatic heterocycles. The summed E-state index contributed by atoms with van der Waals surface area (Å²) < 4.78 is 30.7. The first-order valence-electron chi connectivity index (χ1n) is 18.4. The third-order valence-corrected chi connectivity index (χ3v) is 13.2. The number of carbonyl (C=O) groups excluding carboxylic acids is 2. The molecule has 2 aromatic rings. The van der Waals surface area contributed by atoms with Crippen molar-refractivity contribution in [2.45, 2.75) is 89.5 Å². The number of carbonyl (C=O) groups is 2. The molecule has 50 heavy (non-hydrogen) atoms. The number of furan rings is 1. The molecule has 3 saturated heterocycles. The first-order valence-corrected chi connectivity index (χ1v) is 18.4. The normalized spacial score (nSPS) is 33.6. The van der Waals surface area contributed by atoms with Gasteiger partial charge in [-0.25, -0.2) is 4.79 Å². The fraction of sp³-hybridized carbons (Fsp3) is 0.658. The van der Waals surface area contributed by atoms with Crippen molar-refractivity contribution in [2.24, 2.45) is 29.1 Å². The lowest BCUT2D eigenvalue weighted by molar-refractivity contribution is -0.199. The minimum Gasteiger partial charge on any atom is -0.464 e. The van der Waals surface area contributed by atoms with Crippen LogP contribution in [0.2, 0.25) is 0 Å². The molecule has 1 N–H and O–H groups in total. The fourth-order valence-corrected chi connectivity index (χ4v) is 9.97. The zero-order valence-corrected chi connectivity index (χ0v) is 29.9. The fourth-order valence-electron chi connectivity index (χ4n) is 9.97. The van der Waals surface area contributed by atoms with Gasteiger partial charge in [-0.3, -0.25) is 9.69 Å². The van der Waals surface area contributed by atoms with Gasteiger partial charge < -0.3 is 33.4 Å². The van der Waals surface area contributed by atoms with E-state index in [2.05, 4.69) is 37.1 Å². The number of nitrogens with zero attached hydrogens (tertiary/aromatic N) is 3. The van der Waals surface area contributed by atoms with Gasteiger partial charge in [-0.2, -0.15) is 5.26 Å². The van der Waals surface area contributed by atoms with E-state index in [1.807, 2.05) is 38.1 Å². The molecule has 1 aromatic heterocycles. The maximum Gasteiger partial charge on any atom is 0.482 e. The molecular formula is C38H49BN4O7. The van der Waals surface area contributed by atoms with Gasteiger partial charge in [0.2, 0.25) is 0 Å². The van der Waals surface area contributed by atoms with Gasteiger partial charge in [-0.15, -0.1) is 0 Å². The highest BCUT2D eigenvalue weighted by Gasteiger charge is 2.68. The molecule has 0 radical (unpaired) electrons. The summed E-state index contributed by atoms with van der Waals surface area (Å²) in [7, 11) is -0.656. The van der Waals surface area contributed by atoms with E-state index in [1.54, 1.807) is 17.2 Å². The van der Waals surface area contributed by atoms with Crippen LogP contribution in [-0.4, -0.2) is 97.6 Å². The van der Waals surface area contributed by atoms with Crippen molar-refractivity contribution in [3.8, 4) is 6.07 Å². The van der Waals surface area contributed by atoms with Gasteiger partial charge >= 0.3 is 13.2 Å². The van der Waals surface area contributed by atoms with E-state index in [9.17, 15) is 14.9 Å². The molecule has 7 fully saturated rings. The van der Waals surface area contributed by atoms with E-state index in [0.29, 0.717) is 43.9 Å². The van der Waals surface area contributed by atoms with Gasteiger partial charge in [0.1, 0.15) is 23.8 Å². The zero-order valence-electron chi connectivity index (χ0n) is 29.9. The quantitative estimate of drug-likeness (QED) is 0.226. The maximum absolute atomic E-state index is 13.8. The standard InChI is InChI=1S/C38H49BN4O7/c1-36(2,42-10-12-46-13-11-42)18-25(19-40)34(44)43-20-23-14-28(23)29(43)22-48-35(45)41-33(15-24-21-47-30-9-7-6-8-27(24)30)39-49-32-17-26-16-31(37(26,3)4)38(32,5)50-39/h6-9,18,21,23,26,28-29,31-33H,10-17,20,22H2,1-5H3,(H,41,45)/t23-,26-,28-,29-,31-,32+,33-,38-/m0/s1. The molecule has 1 aromatic carbocycles. The van der Waals surface area contributed by atoms with Crippen molar-refractivity contribution in [2.75, 3.05) is 39.5 Å². The van der Waals surface area contributed by atoms with Crippen molar-refractivity contribution in [3.63, 3.8) is 0 Å². The zero-order chi connectivity index (χ0) is 35.0. The minimum absolute atomic E-state index is 0.0360. The molecule has 12 heteroatoms. The smallest absolute Gasteiger partial charge is 0.464 e. The van der Waals surface area contributed by atoms with Crippen LogP contribution in [0.3, 0.4) is 0 Å². The number of morpholine rings is 1. The lowest BCUT2D eigenvalue weighted by atomic mass is 9.43. The largest absolute Gasteiger partial charge is 0.482 e. The summed E-state index contributed by atoms with van der Waals surface area (Å²) in [6.07, 6.45) is 6.41. The lowest BCUT2D eigenvalue weighted by Gasteiger charge is -2.64. The molecule has 4 heterocycles. The molecule has 2 bridgehead atoms. The van der Waals surface area contributed by atoms with Crippen molar-refractivity contribution >= 4 is 30.1 Å². The topological polar surface area (TPSA) is 127 Å². The highest BCUT2D eigenvalue weighted by atomic mass is 16.7. The number of nitrogens with one attached hydrogen (secondary N) is 1. The van der Waals surface area contributed by atoms with Crippen LogP contribution in [0, 0.1) is 40.4 Å². The second-order valence-electron chi connectivity index (χ2n) is 16.8. The van der Waals surface area contributed by atoms with Crippen molar-refractivity contribution in [1.82, 2.24) is 15.1 Å². The van der Waals surface area contributed by atoms with Gasteiger partial charge in [0, 0.05) is 30.6 Å². The molecule has 0 unspecified atom stereocenters. The summed E-state index contributed by atoms with van der Waals surface area (Å²) in [5.41, 5.74) is 1.13. The number of fused-ring (bicyclic) bond motifs is 2. The number of nitriles is 1. The Hall–Kier alpha value is -3.37. The summed E-state index contributed by atoms with van der Waals surface area (Å²) in [6.45, 7) is 14.2. The van der Waals surface area contributed by atoms with Gasteiger partial charge in [-0.05, 0) is 93.2 Å². The Morgan fingerprint density at radius 3 is 2.72 bits per heavy atom. The summed E-state index contributed by atoms with van der Waals surface area (Å²) >= 11 is 0. The summed E-state index contributed by atoms with van der Waals surface area (Å²) in [5, 5.41) is 14.2. The number of hydrogen-bond acceptors (Lipinski definition) is 9. The highest BCUT2D eigenvalue weighted by Crippen LogP contribution is 2.65. The number of alkyl carbamates (subject to hydrolysis) is 1. The Bertz CT molecular complexity index is 1730. The van der Waals surface area contributed by atoms with Gasteiger partial charge in [-0.1, -0.05) is 32.0 Å². The van der Waals surface area contributed by atoms with Crippen LogP contribution in [0.25, 0.3) is 11.0 Å². The number of piperidine rings is 1. The van der Waals surface area contributed by atoms with E-state index >= 15 is 0 Å². The predicted molar refractivity (Wildman–Crippen MR) is 186 cm³/mol. The number of rotatable bonds is 9. The second kappa shape index (κ2) is 12.4. The van der Waals surface area contributed by atoms with Crippen LogP contribution in [0.15, 0.2) is 46.6 Å². The number of hydrogen-bond donors (Lipinski definition) is 1. The number of ether oxygens (including phenoxy) is 2. The van der Waals surface area contributed by atoms with Crippen molar-refractivity contribution < 1.29 is 32.8 Å². The average molecular weight is 685 g/mol. The molecule has 8 atom stereocenters. The van der Waals surface area contributed by atoms with Gasteiger partial charge in [0.25, 0.3) is 5.91 Å². The molecule has 266 valence electrons. The van der Waals surface area contributed by atoms with Gasteiger partial charge in [0.05, 0.1) is 43.2 Å². The third kappa shape index (κ3) is 5.74. The summed E-state index contributed by atoms with van der Waals surface area (Å²) in [5.74, 6) is 0.778. The van der Waals surface area contributed by atoms with Crippen LogP contribution >= 0.6 is 0 Å². The lowest BCUT2D eigenvalue weighted by Crippen LogP contribution is -2.65. The molecule has 0 spiro atoms. The predicted octanol–water partition coefficient (Wildman–Crippen LogP) is 4.75. The molecule has 4 saturated carbocycles. The van der Waals surface area contributed by atoms with E-state index in [4.69, 9.17) is 23.2 Å². The molecule has 4 aliphatic carbocycles. The average Bonchev–Trinajstić information content (AvgIpc) is 3.41. The van der Waals surface area contributed by atoms with Gasteiger partial charge in [0.15, 0.2) is 0 Å². The van der Waals surface area contributed by atoms with Crippen molar-refractivity contribution in [1.29, 1.82) is 5.26 Å². The van der Waals surface area contributed by atoms with E-state index < -0.39 is 30.3 Å². The van der Waals surface area contributed by atoms with Crippen molar-refractivity contribution in [3.05, 3.63) is 47.7 Å². The Kier molecular flexibility index (Phi) is 8.37. The van der Waals surface area contributed by atoms with E-state index in [0.717, 1.165) is 48.9 Å². The second-order valence-corrected chi connectivity index (χ2v) is 16.8. The Labute approximate surface area is 294 Å². The van der Waals surface area contributed by atoms with E-state index in [-0.39, 0.29) is 41.6 Å². The number of para-hydroxylation sites is 1. The Morgan fingerprint density at radius 1 is 1.18 bits per heavy atom. The molecular weight excluding hydrogens is 635 g/mol. The van der Waals surface area contributed by atoms with E-state index in [1.165, 1.54) is 0 Å². The summed E-state index contributed by atoms with van der Waals surface area (Å²) in [6, 6.07) is 9.74. The Morgan fingerprint density at radius 2 is 1.96 bits per heavy atom. The molecule has 2 amide bonds. The van der Waals surface area contributed by atoms with Crippen LogP contribution < -0.4 is 5.32 Å². The number of likely N-dealkylation sites (tertiary alicyclic amines) is 1. The molecule has 9 rings (SSSR count). The van der Waals surface area contributed by atoms with Crippen LogP contribution in [0.1, 0.15) is 59.4 Å². The SMILES string of the molecule is CC1(C)[C@@H]2C[C@H]3OB([C@H](Cc4coc5ccccc45)NC(=O)OC[C@H]4[C@H]5C[C@H]5CN4C(=O)C(C#N)=CC(C)(C)N4CCOCC4)O[C@@]3(C)[C@H]1C2. The highest BCUT2D eigenvalue weighted by molar-refractivity contribution is 6.48. The first-order chi connectivity index (χ1) is 23.9. The Balaban J connectivity index is 0.965. The van der Waals surface area contributed by atoms with Crippen LogP contribution in [0.5, 0.6) is 0 Å². The summed E-state index contributed by atoms with van der Waals surface area (Å²) in [4.78, 5) is 31.4. The minimum atomic E-state index is -0.656. The third-order valence-electron chi connectivity index (χ3n) is 13.2.